The molecule has 0 spiro atoms. The second-order valence-electron chi connectivity index (χ2n) is 6.05. The lowest BCUT2D eigenvalue weighted by Crippen LogP contribution is -2.23. The van der Waals surface area contributed by atoms with Gasteiger partial charge < -0.3 is 13.9 Å². The molecule has 7 nitrogen and oxygen atoms in total. The normalized spacial score (nSPS) is 10.9. The summed E-state index contributed by atoms with van der Waals surface area (Å²) in [6.07, 6.45) is 0. The molecule has 0 atom stereocenters. The third-order valence-corrected chi connectivity index (χ3v) is 4.81. The molecule has 0 fully saturated rings. The van der Waals surface area contributed by atoms with Crippen molar-refractivity contribution in [3.63, 3.8) is 0 Å². The summed E-state index contributed by atoms with van der Waals surface area (Å²) in [5.41, 5.74) is 2.34. The molecule has 8 heteroatoms. The monoisotopic (exact) mass is 396 g/mol. The van der Waals surface area contributed by atoms with Crippen LogP contribution in [0.4, 0.5) is 5.13 Å². The van der Waals surface area contributed by atoms with Gasteiger partial charge in [-0.15, -0.1) is 11.3 Å². The van der Waals surface area contributed by atoms with Crippen molar-refractivity contribution in [3.8, 4) is 5.75 Å². The molecule has 2 aromatic heterocycles. The molecule has 4 rings (SSSR count). The minimum atomic E-state index is -0.636. The summed E-state index contributed by atoms with van der Waals surface area (Å²) in [6, 6.07) is 13.0. The molecule has 0 unspecified atom stereocenters. The Kier molecular flexibility index (Phi) is 4.94. The lowest BCUT2D eigenvalue weighted by molar-refractivity contribution is -0.149. The lowest BCUT2D eigenvalue weighted by atomic mass is 10.1. The van der Waals surface area contributed by atoms with Gasteiger partial charge in [0.1, 0.15) is 16.9 Å². The average molecular weight is 396 g/mol. The van der Waals surface area contributed by atoms with Gasteiger partial charge >= 0.3 is 5.97 Å². The van der Waals surface area contributed by atoms with Crippen molar-refractivity contribution in [1.82, 2.24) is 4.98 Å². The quantitative estimate of drug-likeness (QED) is 0.497. The van der Waals surface area contributed by atoms with Crippen LogP contribution in [0.1, 0.15) is 5.69 Å². The summed E-state index contributed by atoms with van der Waals surface area (Å²) in [4.78, 5) is 27.7. The van der Waals surface area contributed by atoms with Crippen LogP contribution in [0.25, 0.3) is 21.9 Å². The van der Waals surface area contributed by atoms with Crippen LogP contribution in [0.2, 0.25) is 0 Å². The zero-order chi connectivity index (χ0) is 19.5. The first-order valence-electron chi connectivity index (χ1n) is 8.50. The number of furan rings is 1. The van der Waals surface area contributed by atoms with Crippen LogP contribution in [0.3, 0.4) is 0 Å². The van der Waals surface area contributed by atoms with Gasteiger partial charge in [0.15, 0.2) is 18.3 Å². The number of aromatic nitrogens is 1. The highest BCUT2D eigenvalue weighted by Gasteiger charge is 2.12. The van der Waals surface area contributed by atoms with E-state index in [1.165, 1.54) is 11.3 Å². The minimum Gasteiger partial charge on any atom is -0.482 e. The van der Waals surface area contributed by atoms with Gasteiger partial charge in [-0.25, -0.2) is 9.78 Å². The third kappa shape index (κ3) is 3.96. The van der Waals surface area contributed by atoms with E-state index < -0.39 is 18.5 Å². The second-order valence-corrected chi connectivity index (χ2v) is 6.91. The van der Waals surface area contributed by atoms with Gasteiger partial charge in [0, 0.05) is 16.2 Å². The fraction of sp³-hybridized carbons (Fsp3) is 0.150. The van der Waals surface area contributed by atoms with Crippen molar-refractivity contribution < 1.29 is 23.5 Å². The van der Waals surface area contributed by atoms with Crippen LogP contribution >= 0.6 is 11.3 Å². The summed E-state index contributed by atoms with van der Waals surface area (Å²) < 4.78 is 16.2. The molecule has 0 radical (unpaired) electrons. The Hall–Kier alpha value is -3.39. The number of carbonyl (C=O) groups excluding carboxylic acids is 2. The van der Waals surface area contributed by atoms with Crippen molar-refractivity contribution in [1.29, 1.82) is 0 Å². The molecule has 0 saturated carbocycles. The summed E-state index contributed by atoms with van der Waals surface area (Å²) in [6.45, 7) is 1.13. The first kappa shape index (κ1) is 18.0. The predicted octanol–water partition coefficient (Wildman–Crippen LogP) is 3.91. The lowest BCUT2D eigenvalue weighted by Gasteiger charge is -2.07. The number of thiazole rings is 1. The van der Waals surface area contributed by atoms with E-state index in [1.54, 1.807) is 12.1 Å². The Balaban J connectivity index is 1.31. The molecule has 1 N–H and O–H groups in total. The molecule has 4 aromatic rings. The molecule has 142 valence electrons. The number of fused-ring (bicyclic) bond motifs is 3. The van der Waals surface area contributed by atoms with E-state index in [0.717, 1.165) is 27.6 Å². The van der Waals surface area contributed by atoms with E-state index in [1.807, 2.05) is 42.6 Å². The number of benzene rings is 2. The molecule has 28 heavy (non-hydrogen) atoms. The molecule has 1 amide bonds. The Bertz CT molecular complexity index is 1160. The number of amides is 1. The van der Waals surface area contributed by atoms with Crippen molar-refractivity contribution in [2.24, 2.45) is 0 Å². The summed E-state index contributed by atoms with van der Waals surface area (Å²) in [5.74, 6) is -0.574. The molecule has 2 aromatic carbocycles. The van der Waals surface area contributed by atoms with Crippen LogP contribution in [0, 0.1) is 6.92 Å². The van der Waals surface area contributed by atoms with Gasteiger partial charge in [0.2, 0.25) is 0 Å². The van der Waals surface area contributed by atoms with E-state index >= 15 is 0 Å². The van der Waals surface area contributed by atoms with E-state index in [0.29, 0.717) is 10.9 Å². The van der Waals surface area contributed by atoms with Gasteiger partial charge in [0.25, 0.3) is 5.91 Å². The number of ether oxygens (including phenoxy) is 2. The number of hydrogen-bond donors (Lipinski definition) is 1. The van der Waals surface area contributed by atoms with Crippen molar-refractivity contribution >= 4 is 50.3 Å². The topological polar surface area (TPSA) is 90.7 Å². The van der Waals surface area contributed by atoms with Crippen LogP contribution in [-0.4, -0.2) is 30.1 Å². The maximum Gasteiger partial charge on any atom is 0.344 e. The molecular formula is C20H16N2O5S. The van der Waals surface area contributed by atoms with Crippen LogP contribution in [0.15, 0.2) is 52.3 Å². The Morgan fingerprint density at radius 1 is 1.11 bits per heavy atom. The molecule has 2 heterocycles. The number of anilines is 1. The molecule has 0 aliphatic carbocycles. The highest BCUT2D eigenvalue weighted by atomic mass is 32.1. The fourth-order valence-electron chi connectivity index (χ4n) is 2.69. The van der Waals surface area contributed by atoms with Gasteiger partial charge in [-0.3, -0.25) is 10.1 Å². The van der Waals surface area contributed by atoms with Crippen molar-refractivity contribution in [2.45, 2.75) is 6.92 Å². The summed E-state index contributed by atoms with van der Waals surface area (Å²) in [5, 5.41) is 6.72. The maximum absolute atomic E-state index is 11.8. The zero-order valence-electron chi connectivity index (χ0n) is 14.9. The number of nitrogens with zero attached hydrogens (tertiary/aromatic N) is 1. The standard InChI is InChI=1S/C20H16N2O5S/c1-12-11-28-20(21-12)22-18(23)9-26-19(24)10-25-13-6-7-17-15(8-13)14-4-2-3-5-16(14)27-17/h2-8,11H,9-10H2,1H3,(H,21,22,23). The van der Waals surface area contributed by atoms with Gasteiger partial charge in [-0.2, -0.15) is 0 Å². The Morgan fingerprint density at radius 3 is 2.75 bits per heavy atom. The second kappa shape index (κ2) is 7.69. The first-order chi connectivity index (χ1) is 13.6. The van der Waals surface area contributed by atoms with Crippen molar-refractivity contribution in [2.75, 3.05) is 18.5 Å². The minimum absolute atomic E-state index is 0.301. The largest absolute Gasteiger partial charge is 0.482 e. The van der Waals surface area contributed by atoms with E-state index in [-0.39, 0.29) is 6.61 Å². The van der Waals surface area contributed by atoms with Crippen LogP contribution in [-0.2, 0) is 14.3 Å². The summed E-state index contributed by atoms with van der Waals surface area (Å²) >= 11 is 1.31. The number of rotatable bonds is 6. The first-order valence-corrected chi connectivity index (χ1v) is 9.38. The smallest absolute Gasteiger partial charge is 0.344 e. The van der Waals surface area contributed by atoms with Gasteiger partial charge in [-0.1, -0.05) is 18.2 Å². The average Bonchev–Trinajstić information content (AvgIpc) is 3.27. The molecule has 0 aliphatic heterocycles. The van der Waals surface area contributed by atoms with Crippen molar-refractivity contribution in [3.05, 3.63) is 53.5 Å². The maximum atomic E-state index is 11.8. The zero-order valence-corrected chi connectivity index (χ0v) is 15.7. The molecular weight excluding hydrogens is 380 g/mol. The van der Waals surface area contributed by atoms with Crippen LogP contribution in [0.5, 0.6) is 5.75 Å². The number of aryl methyl sites for hydroxylation is 1. The van der Waals surface area contributed by atoms with E-state index in [4.69, 9.17) is 13.9 Å². The van der Waals surface area contributed by atoms with E-state index in [2.05, 4.69) is 10.3 Å². The molecule has 0 bridgehead atoms. The van der Waals surface area contributed by atoms with Gasteiger partial charge in [0.05, 0.1) is 5.69 Å². The van der Waals surface area contributed by atoms with Crippen LogP contribution < -0.4 is 10.1 Å². The number of esters is 1. The highest BCUT2D eigenvalue weighted by molar-refractivity contribution is 7.13. The number of nitrogens with one attached hydrogen (secondary N) is 1. The van der Waals surface area contributed by atoms with E-state index in [9.17, 15) is 9.59 Å². The number of para-hydroxylation sites is 1. The Labute approximate surface area is 163 Å². The SMILES string of the molecule is Cc1csc(NC(=O)COC(=O)COc2ccc3oc4ccccc4c3c2)n1. The number of carbonyl (C=O) groups is 2. The third-order valence-electron chi connectivity index (χ3n) is 3.93. The molecule has 0 saturated heterocycles. The highest BCUT2D eigenvalue weighted by Crippen LogP contribution is 2.31. The van der Waals surface area contributed by atoms with Gasteiger partial charge in [-0.05, 0) is 31.2 Å². The fourth-order valence-corrected chi connectivity index (χ4v) is 3.40. The summed E-state index contributed by atoms with van der Waals surface area (Å²) in [7, 11) is 0. The predicted molar refractivity (Wildman–Crippen MR) is 106 cm³/mol. The Morgan fingerprint density at radius 2 is 1.93 bits per heavy atom. The molecule has 0 aliphatic rings. The number of hydrogen-bond acceptors (Lipinski definition) is 7.